The lowest BCUT2D eigenvalue weighted by Gasteiger charge is -2.39. The first-order valence-electron chi connectivity index (χ1n) is 8.55. The van der Waals surface area contributed by atoms with Crippen LogP contribution in [-0.4, -0.2) is 68.5 Å². The van der Waals surface area contributed by atoms with Crippen molar-refractivity contribution in [1.29, 1.82) is 0 Å². The summed E-state index contributed by atoms with van der Waals surface area (Å²) < 4.78 is 23.6. The van der Waals surface area contributed by atoms with Crippen LogP contribution in [0.2, 0.25) is 0 Å². The third-order valence-electron chi connectivity index (χ3n) is 4.32. The fraction of sp³-hybridized carbons (Fsp3) is 0.647. The number of guanidine groups is 1. The summed E-state index contributed by atoms with van der Waals surface area (Å²) in [4.78, 5) is 13.2. The number of hydrogen-bond acceptors (Lipinski definition) is 5. The van der Waals surface area contributed by atoms with Crippen LogP contribution in [0.15, 0.2) is 23.2 Å². The van der Waals surface area contributed by atoms with E-state index in [0.29, 0.717) is 19.6 Å². The summed E-state index contributed by atoms with van der Waals surface area (Å²) in [6, 6.07) is 5.87. The molecule has 1 aliphatic rings. The van der Waals surface area contributed by atoms with Gasteiger partial charge in [-0.25, -0.2) is 18.4 Å². The molecule has 0 atom stereocenters. The minimum Gasteiger partial charge on any atom is -0.363 e. The van der Waals surface area contributed by atoms with Gasteiger partial charge in [0, 0.05) is 33.7 Å². The molecule has 1 aliphatic heterocycles. The van der Waals surface area contributed by atoms with Crippen LogP contribution in [0.5, 0.6) is 0 Å². The highest BCUT2D eigenvalue weighted by atomic mass is 32.2. The van der Waals surface area contributed by atoms with E-state index in [-0.39, 0.29) is 5.75 Å². The maximum absolute atomic E-state index is 12.2. The van der Waals surface area contributed by atoms with Gasteiger partial charge < -0.3 is 15.1 Å². The lowest BCUT2D eigenvalue weighted by Crippen LogP contribution is -2.57. The maximum atomic E-state index is 12.2. The summed E-state index contributed by atoms with van der Waals surface area (Å²) in [5, 5.41) is 3.27. The van der Waals surface area contributed by atoms with Crippen LogP contribution in [0.4, 0.5) is 5.82 Å². The minimum absolute atomic E-state index is 0.152. The minimum atomic E-state index is -3.07. The van der Waals surface area contributed by atoms with Crippen LogP contribution >= 0.6 is 0 Å². The van der Waals surface area contributed by atoms with Crippen LogP contribution in [0, 0.1) is 0 Å². The normalized spacial score (nSPS) is 19.6. The van der Waals surface area contributed by atoms with Crippen molar-refractivity contribution in [3.05, 3.63) is 23.9 Å². The van der Waals surface area contributed by atoms with Crippen molar-refractivity contribution in [1.82, 2.24) is 15.2 Å². The van der Waals surface area contributed by atoms with E-state index in [1.807, 2.05) is 49.0 Å². The number of pyridine rings is 1. The van der Waals surface area contributed by atoms with Crippen LogP contribution in [0.1, 0.15) is 26.5 Å². The van der Waals surface area contributed by atoms with Gasteiger partial charge in [-0.05, 0) is 32.9 Å². The first-order chi connectivity index (χ1) is 11.7. The maximum Gasteiger partial charge on any atom is 0.194 e. The average molecular weight is 368 g/mol. The third kappa shape index (κ3) is 4.62. The molecule has 25 heavy (non-hydrogen) atoms. The molecule has 0 spiro atoms. The number of rotatable bonds is 4. The number of anilines is 1. The van der Waals surface area contributed by atoms with E-state index >= 15 is 0 Å². The van der Waals surface area contributed by atoms with E-state index < -0.39 is 14.6 Å². The highest BCUT2D eigenvalue weighted by Crippen LogP contribution is 2.23. The van der Waals surface area contributed by atoms with Crippen molar-refractivity contribution >= 4 is 21.6 Å². The van der Waals surface area contributed by atoms with Gasteiger partial charge in [0.25, 0.3) is 0 Å². The molecule has 0 radical (unpaired) electrons. The first-order valence-corrected chi connectivity index (χ1v) is 10.2. The Balaban J connectivity index is 2.18. The Kier molecular flexibility index (Phi) is 5.92. The van der Waals surface area contributed by atoms with Crippen LogP contribution in [0.3, 0.4) is 0 Å². The number of aliphatic imine (C=N–C) groups is 1. The Morgan fingerprint density at radius 1 is 1.40 bits per heavy atom. The molecular formula is C17H29N5O2S. The van der Waals surface area contributed by atoms with E-state index in [1.54, 1.807) is 13.8 Å². The number of aromatic nitrogens is 1. The van der Waals surface area contributed by atoms with Crippen LogP contribution in [0.25, 0.3) is 0 Å². The standard InChI is InChI=1S/C17H29N5O2S/c1-6-18-16(22-10-11-25(23,24)17(2,3)13-22)19-12-14-8-7-9-15(20-14)21(4)5/h7-9H,6,10-13H2,1-5H3,(H,18,19). The molecule has 8 heteroatoms. The van der Waals surface area contributed by atoms with Crippen molar-refractivity contribution in [2.24, 2.45) is 4.99 Å². The Morgan fingerprint density at radius 3 is 2.72 bits per heavy atom. The molecule has 1 aromatic rings. The van der Waals surface area contributed by atoms with Crippen molar-refractivity contribution in [2.45, 2.75) is 32.1 Å². The molecule has 7 nitrogen and oxygen atoms in total. The van der Waals surface area contributed by atoms with E-state index in [4.69, 9.17) is 0 Å². The van der Waals surface area contributed by atoms with Crippen LogP contribution < -0.4 is 10.2 Å². The van der Waals surface area contributed by atoms with Gasteiger partial charge in [0.05, 0.1) is 22.7 Å². The molecule has 2 rings (SSSR count). The van der Waals surface area contributed by atoms with Gasteiger partial charge in [-0.1, -0.05) is 6.07 Å². The van der Waals surface area contributed by atoms with Crippen molar-refractivity contribution in [3.8, 4) is 0 Å². The molecule has 1 aromatic heterocycles. The fourth-order valence-electron chi connectivity index (χ4n) is 2.71. The molecule has 0 aliphatic carbocycles. The molecule has 0 unspecified atom stereocenters. The smallest absolute Gasteiger partial charge is 0.194 e. The lowest BCUT2D eigenvalue weighted by molar-refractivity contribution is 0.353. The van der Waals surface area contributed by atoms with Crippen molar-refractivity contribution < 1.29 is 8.42 Å². The van der Waals surface area contributed by atoms with Gasteiger partial charge in [-0.2, -0.15) is 0 Å². The van der Waals surface area contributed by atoms with Gasteiger partial charge in [0.15, 0.2) is 15.8 Å². The first kappa shape index (κ1) is 19.5. The molecule has 1 saturated heterocycles. The fourth-order valence-corrected chi connectivity index (χ4v) is 4.08. The van der Waals surface area contributed by atoms with Crippen molar-refractivity contribution in [2.75, 3.05) is 44.4 Å². The van der Waals surface area contributed by atoms with E-state index in [9.17, 15) is 8.42 Å². The number of sulfone groups is 1. The molecule has 0 bridgehead atoms. The predicted octanol–water partition coefficient (Wildman–Crippen LogP) is 1.12. The summed E-state index contributed by atoms with van der Waals surface area (Å²) in [7, 11) is 0.841. The highest BCUT2D eigenvalue weighted by molar-refractivity contribution is 7.92. The Morgan fingerprint density at radius 2 is 2.12 bits per heavy atom. The highest BCUT2D eigenvalue weighted by Gasteiger charge is 2.40. The Hall–Kier alpha value is -1.83. The molecule has 1 fully saturated rings. The monoisotopic (exact) mass is 367 g/mol. The molecule has 0 saturated carbocycles. The summed E-state index contributed by atoms with van der Waals surface area (Å²) in [6.07, 6.45) is 0. The summed E-state index contributed by atoms with van der Waals surface area (Å²) in [6.45, 7) is 7.64. The van der Waals surface area contributed by atoms with Gasteiger partial charge in [0.2, 0.25) is 0 Å². The average Bonchev–Trinajstić information content (AvgIpc) is 2.54. The largest absolute Gasteiger partial charge is 0.363 e. The summed E-state index contributed by atoms with van der Waals surface area (Å²) in [5.41, 5.74) is 0.880. The third-order valence-corrected chi connectivity index (χ3v) is 6.85. The zero-order valence-electron chi connectivity index (χ0n) is 15.8. The van der Waals surface area contributed by atoms with Crippen LogP contribution in [-0.2, 0) is 16.4 Å². The van der Waals surface area contributed by atoms with Gasteiger partial charge >= 0.3 is 0 Å². The molecule has 140 valence electrons. The SMILES string of the molecule is CCNC(=NCc1cccc(N(C)C)n1)N1CCS(=O)(=O)C(C)(C)C1. The zero-order valence-corrected chi connectivity index (χ0v) is 16.6. The molecule has 2 heterocycles. The molecule has 0 amide bonds. The van der Waals surface area contributed by atoms with Gasteiger partial charge in [0.1, 0.15) is 5.82 Å². The topological polar surface area (TPSA) is 77.9 Å². The number of nitrogens with one attached hydrogen (secondary N) is 1. The lowest BCUT2D eigenvalue weighted by atomic mass is 10.2. The van der Waals surface area contributed by atoms with Crippen molar-refractivity contribution in [3.63, 3.8) is 0 Å². The molecule has 1 N–H and O–H groups in total. The van der Waals surface area contributed by atoms with Gasteiger partial charge in [-0.15, -0.1) is 0 Å². The Bertz CT molecular complexity index is 728. The van der Waals surface area contributed by atoms with E-state index in [1.165, 1.54) is 0 Å². The summed E-state index contributed by atoms with van der Waals surface area (Å²) in [5.74, 6) is 1.78. The second-order valence-corrected chi connectivity index (χ2v) is 9.79. The van der Waals surface area contributed by atoms with Gasteiger partial charge in [-0.3, -0.25) is 0 Å². The second-order valence-electron chi connectivity index (χ2n) is 7.05. The predicted molar refractivity (Wildman–Crippen MR) is 103 cm³/mol. The quantitative estimate of drug-likeness (QED) is 0.635. The van der Waals surface area contributed by atoms with E-state index in [2.05, 4.69) is 15.3 Å². The number of nitrogens with zero attached hydrogens (tertiary/aromatic N) is 4. The number of hydrogen-bond donors (Lipinski definition) is 1. The molecular weight excluding hydrogens is 338 g/mol. The zero-order chi connectivity index (χ0) is 18.7. The molecule has 0 aromatic carbocycles. The second kappa shape index (κ2) is 7.59. The van der Waals surface area contributed by atoms with E-state index in [0.717, 1.165) is 24.0 Å². The summed E-state index contributed by atoms with van der Waals surface area (Å²) >= 11 is 0. The Labute approximate surface area is 151 Å².